The highest BCUT2D eigenvalue weighted by Gasteiger charge is 2.07. The van der Waals surface area contributed by atoms with Crippen molar-refractivity contribution in [2.45, 2.75) is 33.2 Å². The van der Waals surface area contributed by atoms with E-state index >= 15 is 0 Å². The molecule has 2 aromatic carbocycles. The Labute approximate surface area is 134 Å². The van der Waals surface area contributed by atoms with E-state index in [-0.39, 0.29) is 0 Å². The van der Waals surface area contributed by atoms with Gasteiger partial charge in [-0.2, -0.15) is 0 Å². The maximum Gasteiger partial charge on any atom is 0.0406 e. The molecule has 0 aromatic heterocycles. The first kappa shape index (κ1) is 15.4. The summed E-state index contributed by atoms with van der Waals surface area (Å²) in [6.45, 7) is 6.43. The third kappa shape index (κ3) is 4.00. The van der Waals surface area contributed by atoms with E-state index in [0.29, 0.717) is 6.04 Å². The number of halogens is 2. The summed E-state index contributed by atoms with van der Waals surface area (Å²) in [7, 11) is 0. The molecule has 106 valence electrons. The van der Waals surface area contributed by atoms with E-state index in [1.54, 1.807) is 0 Å². The number of rotatable bonds is 4. The van der Waals surface area contributed by atoms with E-state index in [1.807, 2.05) is 12.1 Å². The van der Waals surface area contributed by atoms with Crippen LogP contribution in [-0.2, 0) is 6.42 Å². The predicted octanol–water partition coefficient (Wildman–Crippen LogP) is 5.76. The van der Waals surface area contributed by atoms with Gasteiger partial charge >= 0.3 is 0 Å². The van der Waals surface area contributed by atoms with Gasteiger partial charge in [-0.05, 0) is 68.1 Å². The number of aryl methyl sites for hydroxylation is 2. The Kier molecular flexibility index (Phi) is 5.11. The fourth-order valence-electron chi connectivity index (χ4n) is 2.34. The van der Waals surface area contributed by atoms with Crippen molar-refractivity contribution in [1.29, 1.82) is 0 Å². The minimum atomic E-state index is 0.371. The quantitative estimate of drug-likeness (QED) is 0.737. The van der Waals surface area contributed by atoms with Crippen molar-refractivity contribution < 1.29 is 0 Å². The molecule has 2 aromatic rings. The van der Waals surface area contributed by atoms with Crippen molar-refractivity contribution in [3.05, 3.63) is 62.6 Å². The van der Waals surface area contributed by atoms with Gasteiger partial charge in [0.2, 0.25) is 0 Å². The summed E-state index contributed by atoms with van der Waals surface area (Å²) >= 11 is 9.51. The fraction of sp³-hybridized carbons (Fsp3) is 0.294. The third-order valence-corrected chi connectivity index (χ3v) is 4.81. The Bertz CT molecular complexity index is 569. The minimum absolute atomic E-state index is 0.371. The monoisotopic (exact) mass is 351 g/mol. The zero-order valence-electron chi connectivity index (χ0n) is 12.0. The topological polar surface area (TPSA) is 12.0 Å². The van der Waals surface area contributed by atoms with Crippen LogP contribution < -0.4 is 5.32 Å². The van der Waals surface area contributed by atoms with Crippen LogP contribution in [0.5, 0.6) is 0 Å². The van der Waals surface area contributed by atoms with Gasteiger partial charge in [-0.1, -0.05) is 39.7 Å². The largest absolute Gasteiger partial charge is 0.382 e. The molecule has 0 aliphatic rings. The van der Waals surface area contributed by atoms with E-state index in [9.17, 15) is 0 Å². The molecule has 1 unspecified atom stereocenters. The number of hydrogen-bond donors (Lipinski definition) is 1. The highest BCUT2D eigenvalue weighted by atomic mass is 79.9. The molecule has 0 aliphatic carbocycles. The molecule has 0 radical (unpaired) electrons. The van der Waals surface area contributed by atoms with Crippen LogP contribution in [0.25, 0.3) is 0 Å². The van der Waals surface area contributed by atoms with Crippen LogP contribution in [-0.4, -0.2) is 6.04 Å². The van der Waals surface area contributed by atoms with Gasteiger partial charge in [-0.25, -0.2) is 0 Å². The standard InChI is InChI=1S/C17H19BrClN/c1-11-8-16(9-12(2)17(11)18)20-13(3)10-14-4-6-15(19)7-5-14/h4-9,13,20H,10H2,1-3H3. The van der Waals surface area contributed by atoms with Gasteiger partial charge in [0.1, 0.15) is 0 Å². The molecule has 0 bridgehead atoms. The van der Waals surface area contributed by atoms with E-state index in [1.165, 1.54) is 26.9 Å². The number of benzene rings is 2. The Balaban J connectivity index is 2.04. The molecule has 20 heavy (non-hydrogen) atoms. The number of anilines is 1. The lowest BCUT2D eigenvalue weighted by Gasteiger charge is -2.17. The van der Waals surface area contributed by atoms with Gasteiger partial charge in [0.25, 0.3) is 0 Å². The molecular weight excluding hydrogens is 334 g/mol. The lowest BCUT2D eigenvalue weighted by molar-refractivity contribution is 0.790. The van der Waals surface area contributed by atoms with Gasteiger partial charge in [0.15, 0.2) is 0 Å². The van der Waals surface area contributed by atoms with Crippen LogP contribution in [0.2, 0.25) is 5.02 Å². The molecule has 0 saturated carbocycles. The zero-order valence-corrected chi connectivity index (χ0v) is 14.3. The van der Waals surface area contributed by atoms with Crippen molar-refractivity contribution >= 4 is 33.2 Å². The summed E-state index contributed by atoms with van der Waals surface area (Å²) in [4.78, 5) is 0. The lowest BCUT2D eigenvalue weighted by Crippen LogP contribution is -2.18. The first-order valence-corrected chi connectivity index (χ1v) is 7.90. The molecule has 1 nitrogen and oxygen atoms in total. The second-order valence-electron chi connectivity index (χ2n) is 5.30. The first-order valence-electron chi connectivity index (χ1n) is 6.73. The van der Waals surface area contributed by atoms with Crippen LogP contribution >= 0.6 is 27.5 Å². The average molecular weight is 353 g/mol. The normalized spacial score (nSPS) is 12.2. The van der Waals surface area contributed by atoms with Gasteiger partial charge in [-0.15, -0.1) is 0 Å². The number of nitrogens with one attached hydrogen (secondary N) is 1. The number of hydrogen-bond acceptors (Lipinski definition) is 1. The van der Waals surface area contributed by atoms with Crippen molar-refractivity contribution in [2.75, 3.05) is 5.32 Å². The summed E-state index contributed by atoms with van der Waals surface area (Å²) in [5.41, 5.74) is 4.97. The van der Waals surface area contributed by atoms with Crippen LogP contribution in [0.1, 0.15) is 23.6 Å². The molecule has 0 aliphatic heterocycles. The summed E-state index contributed by atoms with van der Waals surface area (Å²) in [5, 5.41) is 4.35. The van der Waals surface area contributed by atoms with E-state index < -0.39 is 0 Å². The van der Waals surface area contributed by atoms with Crippen LogP contribution in [0.4, 0.5) is 5.69 Å². The fourth-order valence-corrected chi connectivity index (χ4v) is 2.69. The summed E-state index contributed by atoms with van der Waals surface area (Å²) in [6.07, 6.45) is 0.978. The lowest BCUT2D eigenvalue weighted by atomic mass is 10.1. The molecule has 0 saturated heterocycles. The molecule has 2 rings (SSSR count). The second kappa shape index (κ2) is 6.64. The Morgan fingerprint density at radius 3 is 2.20 bits per heavy atom. The SMILES string of the molecule is Cc1cc(NC(C)Cc2ccc(Cl)cc2)cc(C)c1Br. The van der Waals surface area contributed by atoms with Gasteiger partial charge < -0.3 is 5.32 Å². The molecule has 0 heterocycles. The van der Waals surface area contributed by atoms with Gasteiger partial charge in [-0.3, -0.25) is 0 Å². The van der Waals surface area contributed by atoms with E-state index in [0.717, 1.165) is 11.4 Å². The molecule has 0 amide bonds. The zero-order chi connectivity index (χ0) is 14.7. The van der Waals surface area contributed by atoms with Crippen LogP contribution in [0, 0.1) is 13.8 Å². The van der Waals surface area contributed by atoms with Gasteiger partial charge in [0, 0.05) is 21.2 Å². The Morgan fingerprint density at radius 1 is 1.10 bits per heavy atom. The summed E-state index contributed by atoms with van der Waals surface area (Å²) in [6, 6.07) is 12.8. The molecule has 0 spiro atoms. The Morgan fingerprint density at radius 2 is 1.65 bits per heavy atom. The molecule has 0 fully saturated rings. The predicted molar refractivity (Wildman–Crippen MR) is 91.9 cm³/mol. The van der Waals surface area contributed by atoms with Crippen molar-refractivity contribution in [2.24, 2.45) is 0 Å². The van der Waals surface area contributed by atoms with Gasteiger partial charge in [0.05, 0.1) is 0 Å². The smallest absolute Gasteiger partial charge is 0.0406 e. The molecule has 3 heteroatoms. The Hall–Kier alpha value is -0.990. The highest BCUT2D eigenvalue weighted by molar-refractivity contribution is 9.10. The minimum Gasteiger partial charge on any atom is -0.382 e. The van der Waals surface area contributed by atoms with Crippen molar-refractivity contribution in [3.8, 4) is 0 Å². The molecule has 1 atom stereocenters. The third-order valence-electron chi connectivity index (χ3n) is 3.30. The maximum atomic E-state index is 5.91. The van der Waals surface area contributed by atoms with Crippen LogP contribution in [0.3, 0.4) is 0 Å². The maximum absolute atomic E-state index is 5.91. The van der Waals surface area contributed by atoms with E-state index in [2.05, 4.69) is 66.3 Å². The first-order chi connectivity index (χ1) is 9.45. The highest BCUT2D eigenvalue weighted by Crippen LogP contribution is 2.25. The average Bonchev–Trinajstić information content (AvgIpc) is 2.38. The summed E-state index contributed by atoms with van der Waals surface area (Å²) in [5.74, 6) is 0. The van der Waals surface area contributed by atoms with Crippen LogP contribution in [0.15, 0.2) is 40.9 Å². The van der Waals surface area contributed by atoms with E-state index in [4.69, 9.17) is 11.6 Å². The van der Waals surface area contributed by atoms with Crippen molar-refractivity contribution in [3.63, 3.8) is 0 Å². The summed E-state index contributed by atoms with van der Waals surface area (Å²) < 4.78 is 1.19. The molecular formula is C17H19BrClN. The van der Waals surface area contributed by atoms with Crippen molar-refractivity contribution in [1.82, 2.24) is 0 Å². The molecule has 1 N–H and O–H groups in total. The second-order valence-corrected chi connectivity index (χ2v) is 6.53.